The predicted molar refractivity (Wildman–Crippen MR) is 94.3 cm³/mol. The fraction of sp³-hybridized carbons (Fsp3) is 0.588. The van der Waals surface area contributed by atoms with Crippen LogP contribution < -0.4 is 0 Å². The minimum atomic E-state index is -1.38. The highest BCUT2D eigenvalue weighted by Gasteiger charge is 2.44. The Kier molecular flexibility index (Phi) is 5.98. The number of aliphatic hydroxyl groups excluding tert-OH is 4. The van der Waals surface area contributed by atoms with Gasteiger partial charge in [-0.05, 0) is 18.6 Å². The van der Waals surface area contributed by atoms with E-state index in [0.717, 1.165) is 30.4 Å². The van der Waals surface area contributed by atoms with E-state index in [4.69, 9.17) is 4.74 Å². The summed E-state index contributed by atoms with van der Waals surface area (Å²) in [5.74, 6) is 0. The minimum Gasteiger partial charge on any atom is -0.394 e. The van der Waals surface area contributed by atoms with Crippen molar-refractivity contribution in [2.45, 2.75) is 61.3 Å². The second-order valence-corrected chi connectivity index (χ2v) is 7.27. The van der Waals surface area contributed by atoms with Gasteiger partial charge in [-0.25, -0.2) is 4.98 Å². The summed E-state index contributed by atoms with van der Waals surface area (Å²) < 4.78 is 7.66. The number of benzene rings is 1. The molecule has 0 aliphatic carbocycles. The quantitative estimate of drug-likeness (QED) is 0.595. The van der Waals surface area contributed by atoms with Crippen molar-refractivity contribution in [3.8, 4) is 0 Å². The summed E-state index contributed by atoms with van der Waals surface area (Å²) in [6.07, 6.45) is -2.89. The van der Waals surface area contributed by atoms with Crippen molar-refractivity contribution in [2.24, 2.45) is 0 Å². The number of hydrogen-bond acceptors (Lipinski definition) is 7. The van der Waals surface area contributed by atoms with Crippen LogP contribution in [-0.4, -0.2) is 66.4 Å². The fourth-order valence-electron chi connectivity index (χ4n) is 2.94. The third-order valence-corrected chi connectivity index (χ3v) is 5.57. The van der Waals surface area contributed by atoms with E-state index in [1.54, 1.807) is 0 Å². The van der Waals surface area contributed by atoms with E-state index in [2.05, 4.69) is 16.5 Å². The molecule has 1 aliphatic rings. The zero-order valence-corrected chi connectivity index (χ0v) is 14.8. The van der Waals surface area contributed by atoms with Crippen molar-refractivity contribution in [3.63, 3.8) is 0 Å². The molecular weight excluding hydrogens is 344 g/mol. The number of nitrogens with zero attached hydrogens (tertiary/aromatic N) is 2. The Morgan fingerprint density at radius 1 is 1.16 bits per heavy atom. The van der Waals surface area contributed by atoms with Crippen LogP contribution in [-0.2, 0) is 11.3 Å². The van der Waals surface area contributed by atoms with Gasteiger partial charge in [-0.2, -0.15) is 0 Å². The summed E-state index contributed by atoms with van der Waals surface area (Å²) in [6.45, 7) is 2.47. The summed E-state index contributed by atoms with van der Waals surface area (Å²) in [5, 5.41) is 40.1. The Balaban J connectivity index is 1.88. The first-order chi connectivity index (χ1) is 12.1. The molecule has 0 bridgehead atoms. The number of unbranched alkanes of at least 4 members (excludes halogenated alkanes) is 1. The second kappa shape index (κ2) is 8.03. The Morgan fingerprint density at radius 2 is 1.92 bits per heavy atom. The number of thioether (sulfide) groups is 1. The Morgan fingerprint density at radius 3 is 2.64 bits per heavy atom. The van der Waals surface area contributed by atoms with Gasteiger partial charge in [-0.3, -0.25) is 0 Å². The highest BCUT2D eigenvalue weighted by atomic mass is 32.2. The van der Waals surface area contributed by atoms with E-state index in [-0.39, 0.29) is 0 Å². The Bertz CT molecular complexity index is 707. The molecule has 1 saturated heterocycles. The number of aliphatic hydroxyl groups is 4. The lowest BCUT2D eigenvalue weighted by Gasteiger charge is -2.39. The zero-order valence-electron chi connectivity index (χ0n) is 14.0. The number of rotatable bonds is 6. The van der Waals surface area contributed by atoms with Crippen LogP contribution in [0.15, 0.2) is 29.4 Å². The maximum absolute atomic E-state index is 10.2. The molecule has 7 nitrogen and oxygen atoms in total. The van der Waals surface area contributed by atoms with E-state index in [1.165, 1.54) is 11.8 Å². The van der Waals surface area contributed by atoms with E-state index in [1.807, 2.05) is 24.3 Å². The average molecular weight is 368 g/mol. The molecule has 2 heterocycles. The van der Waals surface area contributed by atoms with Gasteiger partial charge >= 0.3 is 0 Å². The molecule has 5 atom stereocenters. The van der Waals surface area contributed by atoms with Crippen LogP contribution in [0, 0.1) is 0 Å². The molecule has 138 valence electrons. The number of para-hydroxylation sites is 2. The van der Waals surface area contributed by atoms with Crippen molar-refractivity contribution in [1.82, 2.24) is 9.55 Å². The minimum absolute atomic E-state index is 0.436. The largest absolute Gasteiger partial charge is 0.394 e. The van der Waals surface area contributed by atoms with Crippen LogP contribution in [0.4, 0.5) is 0 Å². The van der Waals surface area contributed by atoms with Crippen LogP contribution in [0.3, 0.4) is 0 Å². The predicted octanol–water partition coefficient (Wildman–Crippen LogP) is 0.728. The van der Waals surface area contributed by atoms with Gasteiger partial charge in [0.15, 0.2) is 5.16 Å². The van der Waals surface area contributed by atoms with Gasteiger partial charge in [0.05, 0.1) is 17.6 Å². The van der Waals surface area contributed by atoms with Gasteiger partial charge in [0.2, 0.25) is 0 Å². The Hall–Kier alpha value is -1.16. The van der Waals surface area contributed by atoms with Gasteiger partial charge in [0.25, 0.3) is 0 Å². The van der Waals surface area contributed by atoms with Gasteiger partial charge in [0, 0.05) is 6.54 Å². The number of aryl methyl sites for hydroxylation is 1. The summed E-state index contributed by atoms with van der Waals surface area (Å²) >= 11 is 1.20. The molecule has 0 radical (unpaired) electrons. The van der Waals surface area contributed by atoms with Crippen molar-refractivity contribution in [1.29, 1.82) is 0 Å². The first-order valence-corrected chi connectivity index (χ1v) is 9.37. The summed E-state index contributed by atoms with van der Waals surface area (Å²) in [6, 6.07) is 7.79. The van der Waals surface area contributed by atoms with Crippen molar-refractivity contribution < 1.29 is 25.2 Å². The number of ether oxygens (including phenoxy) is 1. The van der Waals surface area contributed by atoms with Gasteiger partial charge in [-0.1, -0.05) is 37.2 Å². The van der Waals surface area contributed by atoms with Crippen LogP contribution in [0.25, 0.3) is 11.0 Å². The van der Waals surface area contributed by atoms with Crippen LogP contribution >= 0.6 is 11.8 Å². The van der Waals surface area contributed by atoms with Crippen molar-refractivity contribution in [3.05, 3.63) is 24.3 Å². The molecule has 0 amide bonds. The molecule has 25 heavy (non-hydrogen) atoms. The molecule has 0 saturated carbocycles. The summed E-state index contributed by atoms with van der Waals surface area (Å²) in [4.78, 5) is 4.62. The number of hydrogen-bond donors (Lipinski definition) is 4. The maximum Gasteiger partial charge on any atom is 0.171 e. The highest BCUT2D eigenvalue weighted by Crippen LogP contribution is 2.34. The molecule has 8 heteroatoms. The van der Waals surface area contributed by atoms with E-state index >= 15 is 0 Å². The molecule has 1 aromatic heterocycles. The van der Waals surface area contributed by atoms with E-state index in [9.17, 15) is 20.4 Å². The van der Waals surface area contributed by atoms with Crippen LogP contribution in [0.1, 0.15) is 19.8 Å². The van der Waals surface area contributed by atoms with E-state index in [0.29, 0.717) is 5.16 Å². The molecule has 1 aromatic carbocycles. The number of fused-ring (bicyclic) bond motifs is 1. The SMILES string of the molecule is CCCCn1c(SC2OC(CO)C(O)C(O)C2O)nc2ccccc21. The van der Waals surface area contributed by atoms with Crippen LogP contribution in [0.2, 0.25) is 0 Å². The van der Waals surface area contributed by atoms with Gasteiger partial charge in [0.1, 0.15) is 29.9 Å². The zero-order chi connectivity index (χ0) is 18.0. The summed E-state index contributed by atoms with van der Waals surface area (Å²) in [7, 11) is 0. The first-order valence-electron chi connectivity index (χ1n) is 8.49. The molecule has 1 fully saturated rings. The van der Waals surface area contributed by atoms with Gasteiger partial charge < -0.3 is 29.7 Å². The lowest BCUT2D eigenvalue weighted by molar-refractivity contribution is -0.205. The molecule has 0 spiro atoms. The molecular formula is C17H24N2O5S. The monoisotopic (exact) mass is 368 g/mol. The third-order valence-electron chi connectivity index (χ3n) is 4.42. The van der Waals surface area contributed by atoms with E-state index < -0.39 is 36.5 Å². The van der Waals surface area contributed by atoms with Crippen LogP contribution in [0.5, 0.6) is 0 Å². The van der Waals surface area contributed by atoms with Crippen molar-refractivity contribution >= 4 is 22.8 Å². The fourth-order valence-corrected chi connectivity index (χ4v) is 4.12. The number of imidazole rings is 1. The maximum atomic E-state index is 10.2. The summed E-state index contributed by atoms with van der Waals surface area (Å²) in [5.41, 5.74) is 1.03. The first kappa shape index (κ1) is 18.6. The second-order valence-electron chi connectivity index (χ2n) is 6.20. The third kappa shape index (κ3) is 3.69. The molecule has 3 rings (SSSR count). The topological polar surface area (TPSA) is 108 Å². The molecule has 4 N–H and O–H groups in total. The lowest BCUT2D eigenvalue weighted by atomic mass is 10.0. The Labute approximate surface area is 150 Å². The molecule has 1 aliphatic heterocycles. The van der Waals surface area contributed by atoms with Crippen molar-refractivity contribution in [2.75, 3.05) is 6.61 Å². The van der Waals surface area contributed by atoms with Gasteiger partial charge in [-0.15, -0.1) is 0 Å². The molecule has 5 unspecified atom stereocenters. The highest BCUT2D eigenvalue weighted by molar-refractivity contribution is 7.99. The average Bonchev–Trinajstić information content (AvgIpc) is 2.97. The standard InChI is InChI=1S/C17H24N2O5S/c1-2-3-8-19-11-7-5-4-6-10(11)18-17(19)25-16-15(23)14(22)13(21)12(9-20)24-16/h4-7,12-16,20-23H,2-3,8-9H2,1H3. The molecule has 2 aromatic rings. The smallest absolute Gasteiger partial charge is 0.171 e. The number of aromatic nitrogens is 2. The normalized spacial score (nSPS) is 30.0. The lowest BCUT2D eigenvalue weighted by Crippen LogP contribution is -2.57.